The Morgan fingerprint density at radius 3 is 1.88 bits per heavy atom. The van der Waals surface area contributed by atoms with Crippen LogP contribution in [-0.4, -0.2) is 48.8 Å². The van der Waals surface area contributed by atoms with Crippen molar-refractivity contribution in [1.29, 1.82) is 0 Å². The second-order valence-electron chi connectivity index (χ2n) is 9.68. The van der Waals surface area contributed by atoms with Crippen molar-refractivity contribution in [3.63, 3.8) is 0 Å². The van der Waals surface area contributed by atoms with E-state index in [0.29, 0.717) is 18.9 Å². The van der Waals surface area contributed by atoms with E-state index in [9.17, 15) is 4.79 Å². The predicted octanol–water partition coefficient (Wildman–Crippen LogP) is 7.52. The molecule has 0 aliphatic carbocycles. The maximum absolute atomic E-state index is 12.3. The van der Waals surface area contributed by atoms with Gasteiger partial charge in [0.1, 0.15) is 0 Å². The van der Waals surface area contributed by atoms with Crippen LogP contribution in [0.3, 0.4) is 0 Å². The lowest BCUT2D eigenvalue weighted by Gasteiger charge is -2.21. The maximum Gasteiger partial charge on any atom is 0.305 e. The van der Waals surface area contributed by atoms with Gasteiger partial charge in [-0.1, -0.05) is 91.4 Å². The zero-order chi connectivity index (χ0) is 23.7. The van der Waals surface area contributed by atoms with Crippen LogP contribution in [0.1, 0.15) is 136 Å². The molecule has 0 saturated heterocycles. The number of aliphatic hydroxyl groups excluding tert-OH is 1. The van der Waals surface area contributed by atoms with Gasteiger partial charge in [-0.25, -0.2) is 0 Å². The van der Waals surface area contributed by atoms with Gasteiger partial charge in [0, 0.05) is 19.6 Å². The molecule has 0 bridgehead atoms. The van der Waals surface area contributed by atoms with Gasteiger partial charge in [0.2, 0.25) is 0 Å². The van der Waals surface area contributed by atoms with E-state index in [0.717, 1.165) is 51.7 Å². The first-order chi connectivity index (χ1) is 15.7. The molecule has 0 heterocycles. The quantitative estimate of drug-likeness (QED) is 0.114. The summed E-state index contributed by atoms with van der Waals surface area (Å²) in [4.78, 5) is 14.7. The van der Waals surface area contributed by atoms with Gasteiger partial charge in [0.15, 0.2) is 0 Å². The number of carbonyl (C=O) groups is 1. The van der Waals surface area contributed by atoms with Gasteiger partial charge in [-0.05, 0) is 57.5 Å². The van der Waals surface area contributed by atoms with E-state index in [1.165, 1.54) is 77.0 Å². The average molecular weight is 456 g/mol. The van der Waals surface area contributed by atoms with Gasteiger partial charge >= 0.3 is 5.97 Å². The number of hydrogen-bond acceptors (Lipinski definition) is 4. The zero-order valence-corrected chi connectivity index (χ0v) is 22.1. The third kappa shape index (κ3) is 21.2. The second kappa shape index (κ2) is 25.0. The molecule has 4 nitrogen and oxygen atoms in total. The molecule has 0 fully saturated rings. The largest absolute Gasteiger partial charge is 0.465 e. The molecular weight excluding hydrogens is 398 g/mol. The predicted molar refractivity (Wildman–Crippen MR) is 138 cm³/mol. The molecule has 0 aliphatic heterocycles. The fraction of sp³-hybridized carbons (Fsp3) is 0.964. The molecule has 0 radical (unpaired) electrons. The Labute approximate surface area is 200 Å². The van der Waals surface area contributed by atoms with Crippen molar-refractivity contribution in [3.05, 3.63) is 0 Å². The third-order valence-electron chi connectivity index (χ3n) is 6.44. The van der Waals surface area contributed by atoms with E-state index in [4.69, 9.17) is 9.84 Å². The molecule has 1 N–H and O–H groups in total. The summed E-state index contributed by atoms with van der Waals surface area (Å²) in [5.74, 6) is 0.549. The fourth-order valence-corrected chi connectivity index (χ4v) is 4.39. The fourth-order valence-electron chi connectivity index (χ4n) is 4.39. The normalized spacial score (nSPS) is 12.4. The summed E-state index contributed by atoms with van der Waals surface area (Å²) in [6.45, 7) is 10.8. The highest BCUT2D eigenvalue weighted by atomic mass is 16.5. The Kier molecular flexibility index (Phi) is 24.5. The molecular formula is C28H57NO3. The highest BCUT2D eigenvalue weighted by Crippen LogP contribution is 2.20. The van der Waals surface area contributed by atoms with Crippen molar-refractivity contribution in [2.75, 3.05) is 32.8 Å². The average Bonchev–Trinajstić information content (AvgIpc) is 2.79. The van der Waals surface area contributed by atoms with Gasteiger partial charge in [-0.2, -0.15) is 0 Å². The summed E-state index contributed by atoms with van der Waals surface area (Å²) < 4.78 is 5.70. The molecule has 0 aromatic rings. The lowest BCUT2D eigenvalue weighted by molar-refractivity contribution is -0.145. The number of rotatable bonds is 25. The van der Waals surface area contributed by atoms with Gasteiger partial charge < -0.3 is 14.7 Å². The standard InChI is InChI=1S/C28H57NO3/c1-4-7-9-11-12-15-20-27(19-14-10-8-5-2)26-32-28(31)21-16-13-17-23-29(22-6-3)24-18-25-30/h27,30H,4-26H2,1-3H3. The van der Waals surface area contributed by atoms with E-state index < -0.39 is 0 Å². The van der Waals surface area contributed by atoms with Crippen LogP contribution in [0.15, 0.2) is 0 Å². The van der Waals surface area contributed by atoms with E-state index >= 15 is 0 Å². The Hall–Kier alpha value is -0.610. The number of nitrogens with zero attached hydrogens (tertiary/aromatic N) is 1. The number of unbranched alkanes of at least 4 members (excludes halogenated alkanes) is 10. The van der Waals surface area contributed by atoms with E-state index in [2.05, 4.69) is 25.7 Å². The van der Waals surface area contributed by atoms with E-state index in [1.54, 1.807) is 0 Å². The van der Waals surface area contributed by atoms with Crippen LogP contribution in [-0.2, 0) is 9.53 Å². The number of carbonyl (C=O) groups excluding carboxylic acids is 1. The first-order valence-corrected chi connectivity index (χ1v) is 14.2. The Bertz CT molecular complexity index is 389. The Morgan fingerprint density at radius 2 is 1.25 bits per heavy atom. The highest BCUT2D eigenvalue weighted by molar-refractivity contribution is 5.69. The van der Waals surface area contributed by atoms with Gasteiger partial charge in [-0.3, -0.25) is 4.79 Å². The van der Waals surface area contributed by atoms with E-state index in [1.807, 2.05) is 0 Å². The molecule has 1 atom stereocenters. The van der Waals surface area contributed by atoms with Crippen LogP contribution >= 0.6 is 0 Å². The van der Waals surface area contributed by atoms with Crippen LogP contribution in [0.2, 0.25) is 0 Å². The van der Waals surface area contributed by atoms with E-state index in [-0.39, 0.29) is 12.6 Å². The van der Waals surface area contributed by atoms with Crippen LogP contribution in [0.4, 0.5) is 0 Å². The molecule has 4 heteroatoms. The van der Waals surface area contributed by atoms with Crippen LogP contribution in [0, 0.1) is 5.92 Å². The summed E-state index contributed by atoms with van der Waals surface area (Å²) in [5.41, 5.74) is 0. The Balaban J connectivity index is 4.02. The van der Waals surface area contributed by atoms with Crippen molar-refractivity contribution in [2.45, 2.75) is 136 Å². The number of aliphatic hydroxyl groups is 1. The maximum atomic E-state index is 12.3. The lowest BCUT2D eigenvalue weighted by Crippen LogP contribution is -2.27. The Morgan fingerprint density at radius 1 is 0.688 bits per heavy atom. The minimum atomic E-state index is -0.00259. The zero-order valence-electron chi connectivity index (χ0n) is 22.1. The van der Waals surface area contributed by atoms with Crippen molar-refractivity contribution < 1.29 is 14.6 Å². The number of esters is 1. The van der Waals surface area contributed by atoms with Crippen molar-refractivity contribution in [3.8, 4) is 0 Å². The minimum Gasteiger partial charge on any atom is -0.465 e. The first kappa shape index (κ1) is 31.4. The lowest BCUT2D eigenvalue weighted by atomic mass is 9.95. The van der Waals surface area contributed by atoms with Crippen LogP contribution in [0.25, 0.3) is 0 Å². The smallest absolute Gasteiger partial charge is 0.305 e. The van der Waals surface area contributed by atoms with Crippen LogP contribution in [0.5, 0.6) is 0 Å². The van der Waals surface area contributed by atoms with Gasteiger partial charge in [0.25, 0.3) is 0 Å². The summed E-state index contributed by atoms with van der Waals surface area (Å²) in [6.07, 6.45) is 21.3. The van der Waals surface area contributed by atoms with Gasteiger partial charge in [0.05, 0.1) is 6.61 Å². The molecule has 0 aliphatic rings. The molecule has 0 saturated carbocycles. The minimum absolute atomic E-state index is 0.00259. The molecule has 0 aromatic carbocycles. The van der Waals surface area contributed by atoms with Crippen molar-refractivity contribution in [1.82, 2.24) is 4.90 Å². The number of ether oxygens (including phenoxy) is 1. The first-order valence-electron chi connectivity index (χ1n) is 14.2. The summed E-state index contributed by atoms with van der Waals surface area (Å²) >= 11 is 0. The molecule has 0 amide bonds. The second-order valence-corrected chi connectivity index (χ2v) is 9.68. The topological polar surface area (TPSA) is 49.8 Å². The summed E-state index contributed by atoms with van der Waals surface area (Å²) in [5, 5.41) is 9.03. The molecule has 0 aromatic heterocycles. The third-order valence-corrected chi connectivity index (χ3v) is 6.44. The molecule has 0 spiro atoms. The molecule has 192 valence electrons. The van der Waals surface area contributed by atoms with Crippen molar-refractivity contribution >= 4 is 5.97 Å². The monoisotopic (exact) mass is 455 g/mol. The SMILES string of the molecule is CCCCCCCCC(CCCCCC)COC(=O)CCCCCN(CCC)CCCO. The molecule has 32 heavy (non-hydrogen) atoms. The van der Waals surface area contributed by atoms with Crippen LogP contribution < -0.4 is 0 Å². The number of hydrogen-bond donors (Lipinski definition) is 1. The summed E-state index contributed by atoms with van der Waals surface area (Å²) in [6, 6.07) is 0. The van der Waals surface area contributed by atoms with Gasteiger partial charge in [-0.15, -0.1) is 0 Å². The molecule has 1 unspecified atom stereocenters. The highest BCUT2D eigenvalue weighted by Gasteiger charge is 2.12. The molecule has 0 rings (SSSR count). The summed E-state index contributed by atoms with van der Waals surface area (Å²) in [7, 11) is 0. The van der Waals surface area contributed by atoms with Crippen molar-refractivity contribution in [2.24, 2.45) is 5.92 Å².